The highest BCUT2D eigenvalue weighted by atomic mass is 16.5. The number of ether oxygens (including phenoxy) is 1. The zero-order chi connectivity index (χ0) is 24.2. The zero-order valence-corrected chi connectivity index (χ0v) is 19.6. The van der Waals surface area contributed by atoms with Gasteiger partial charge in [0.15, 0.2) is 0 Å². The van der Waals surface area contributed by atoms with E-state index < -0.39 is 6.09 Å². The Morgan fingerprint density at radius 1 is 1.03 bits per heavy atom. The first-order valence-corrected chi connectivity index (χ1v) is 11.0. The molecular weight excluding hydrogens is 436 g/mol. The number of nitrogens with zero attached hydrogens (tertiary/aromatic N) is 6. The highest BCUT2D eigenvalue weighted by molar-refractivity contribution is 5.84. The highest BCUT2D eigenvalue weighted by Crippen LogP contribution is 2.23. The van der Waals surface area contributed by atoms with Crippen LogP contribution in [-0.4, -0.2) is 68.9 Å². The minimum atomic E-state index is -0.525. The van der Waals surface area contributed by atoms with E-state index in [2.05, 4.69) is 49.2 Å². The third-order valence-corrected chi connectivity index (χ3v) is 5.66. The zero-order valence-electron chi connectivity index (χ0n) is 19.6. The Morgan fingerprint density at radius 2 is 1.71 bits per heavy atom. The number of methoxy groups -OCH3 is 1. The van der Waals surface area contributed by atoms with Crippen molar-refractivity contribution in [3.63, 3.8) is 0 Å². The van der Waals surface area contributed by atoms with Crippen LogP contribution in [0.5, 0.6) is 0 Å². The quantitative estimate of drug-likeness (QED) is 0.592. The van der Waals surface area contributed by atoms with Crippen molar-refractivity contribution in [1.29, 1.82) is 0 Å². The maximum absolute atomic E-state index is 12.0. The molecule has 0 radical (unpaired) electrons. The average Bonchev–Trinajstić information content (AvgIpc) is 3.28. The van der Waals surface area contributed by atoms with E-state index in [1.165, 1.54) is 7.11 Å². The fourth-order valence-corrected chi connectivity index (χ4v) is 4.23. The molecule has 3 heterocycles. The van der Waals surface area contributed by atoms with Crippen LogP contribution >= 0.6 is 0 Å². The number of anilines is 4. The molecule has 1 saturated heterocycles. The second-order valence-electron chi connectivity index (χ2n) is 8.23. The number of carbonyl (C=O) groups excluding carboxylic acids is 2. The van der Waals surface area contributed by atoms with E-state index in [9.17, 15) is 9.59 Å². The molecule has 11 heteroatoms. The summed E-state index contributed by atoms with van der Waals surface area (Å²) >= 11 is 0. The second kappa shape index (κ2) is 9.77. The molecule has 1 fully saturated rings. The van der Waals surface area contributed by atoms with Gasteiger partial charge >= 0.3 is 6.09 Å². The van der Waals surface area contributed by atoms with Gasteiger partial charge in [0.2, 0.25) is 11.9 Å². The number of piperazine rings is 1. The minimum Gasteiger partial charge on any atom is -0.453 e. The third-order valence-electron chi connectivity index (χ3n) is 5.66. The van der Waals surface area contributed by atoms with Crippen LogP contribution < -0.4 is 15.5 Å². The van der Waals surface area contributed by atoms with Crippen molar-refractivity contribution < 1.29 is 14.3 Å². The Kier molecular flexibility index (Phi) is 6.62. The van der Waals surface area contributed by atoms with E-state index >= 15 is 0 Å². The van der Waals surface area contributed by atoms with Gasteiger partial charge in [0.05, 0.1) is 12.8 Å². The number of hydrogen-bond acceptors (Lipinski definition) is 8. The molecular formula is C23H28N8O3. The van der Waals surface area contributed by atoms with Gasteiger partial charge in [-0.15, -0.1) is 5.10 Å². The van der Waals surface area contributed by atoms with Crippen LogP contribution in [0.1, 0.15) is 20.8 Å². The van der Waals surface area contributed by atoms with E-state index in [0.29, 0.717) is 24.7 Å². The van der Waals surface area contributed by atoms with E-state index in [4.69, 9.17) is 0 Å². The normalized spacial score (nSPS) is 17.9. The monoisotopic (exact) mass is 464 g/mol. The summed E-state index contributed by atoms with van der Waals surface area (Å²) in [5.41, 5.74) is 2.22. The molecule has 34 heavy (non-hydrogen) atoms. The molecule has 2 unspecified atom stereocenters. The van der Waals surface area contributed by atoms with Crippen LogP contribution in [0.25, 0.3) is 5.69 Å². The maximum Gasteiger partial charge on any atom is 0.411 e. The van der Waals surface area contributed by atoms with Gasteiger partial charge in [-0.3, -0.25) is 10.1 Å². The van der Waals surface area contributed by atoms with Crippen LogP contribution in [0.3, 0.4) is 0 Å². The van der Waals surface area contributed by atoms with Gasteiger partial charge in [0, 0.05) is 55.7 Å². The summed E-state index contributed by atoms with van der Waals surface area (Å²) in [5.74, 6) is 1.36. The summed E-state index contributed by atoms with van der Waals surface area (Å²) in [6, 6.07) is 11.1. The number of aromatic nitrogens is 4. The lowest BCUT2D eigenvalue weighted by atomic mass is 10.1. The Bertz CT molecular complexity index is 1150. The lowest BCUT2D eigenvalue weighted by molar-refractivity contribution is -0.133. The van der Waals surface area contributed by atoms with Gasteiger partial charge in [0.1, 0.15) is 12.1 Å². The number of benzene rings is 1. The number of hydrogen-bond donors (Lipinski definition) is 2. The largest absolute Gasteiger partial charge is 0.453 e. The highest BCUT2D eigenvalue weighted by Gasteiger charge is 2.31. The molecule has 0 spiro atoms. The number of pyridine rings is 1. The van der Waals surface area contributed by atoms with Crippen molar-refractivity contribution in [1.82, 2.24) is 24.6 Å². The molecule has 1 aromatic carbocycles. The van der Waals surface area contributed by atoms with Crippen molar-refractivity contribution in [3.8, 4) is 5.69 Å². The lowest BCUT2D eigenvalue weighted by Gasteiger charge is -2.44. The standard InChI is InChI=1S/C23H28N8O3/c1-15-12-29(13-16(2)31(15)17(3)32)21-11-20(9-10-24-21)30-14-25-22(28-30)26-18-5-7-19(8-6-18)27-23(33)34-4/h5-11,14-16H,12-13H2,1-4H3,(H,26,28)(H,27,33). The van der Waals surface area contributed by atoms with Gasteiger partial charge in [-0.05, 0) is 44.2 Å². The molecule has 1 aliphatic heterocycles. The number of amides is 2. The maximum atomic E-state index is 12.0. The molecule has 2 aromatic heterocycles. The topological polar surface area (TPSA) is 118 Å². The molecule has 178 valence electrons. The Morgan fingerprint density at radius 3 is 2.35 bits per heavy atom. The van der Waals surface area contributed by atoms with Gasteiger partial charge in [-0.25, -0.2) is 14.5 Å². The first-order valence-electron chi connectivity index (χ1n) is 11.0. The van der Waals surface area contributed by atoms with E-state index in [-0.39, 0.29) is 18.0 Å². The van der Waals surface area contributed by atoms with Gasteiger partial charge in [0.25, 0.3) is 0 Å². The van der Waals surface area contributed by atoms with Gasteiger partial charge in [-0.2, -0.15) is 4.98 Å². The molecule has 4 rings (SSSR count). The summed E-state index contributed by atoms with van der Waals surface area (Å²) in [4.78, 5) is 36.3. The smallest absolute Gasteiger partial charge is 0.411 e. The summed E-state index contributed by atoms with van der Waals surface area (Å²) in [5, 5.41) is 10.3. The lowest BCUT2D eigenvalue weighted by Crippen LogP contribution is -2.58. The van der Waals surface area contributed by atoms with Gasteiger partial charge < -0.3 is 19.9 Å². The summed E-state index contributed by atoms with van der Waals surface area (Å²) < 4.78 is 6.26. The Balaban J connectivity index is 1.44. The summed E-state index contributed by atoms with van der Waals surface area (Å²) in [6.07, 6.45) is 2.86. The molecule has 11 nitrogen and oxygen atoms in total. The van der Waals surface area contributed by atoms with E-state index in [1.54, 1.807) is 48.4 Å². The SMILES string of the molecule is COC(=O)Nc1ccc(Nc2ncn(-c3ccnc(N4CC(C)N(C(C)=O)C(C)C4)c3)n2)cc1. The Hall–Kier alpha value is -4.15. The first-order chi connectivity index (χ1) is 16.3. The van der Waals surface area contributed by atoms with Crippen molar-refractivity contribution in [3.05, 3.63) is 48.9 Å². The fourth-order valence-electron chi connectivity index (χ4n) is 4.23. The van der Waals surface area contributed by atoms with Crippen molar-refractivity contribution in [2.24, 2.45) is 0 Å². The predicted molar refractivity (Wildman–Crippen MR) is 129 cm³/mol. The molecule has 2 amide bonds. The van der Waals surface area contributed by atoms with Crippen molar-refractivity contribution >= 4 is 35.1 Å². The second-order valence-corrected chi connectivity index (χ2v) is 8.23. The van der Waals surface area contributed by atoms with Crippen LogP contribution in [-0.2, 0) is 9.53 Å². The van der Waals surface area contributed by atoms with Crippen molar-refractivity contribution in [2.45, 2.75) is 32.9 Å². The molecule has 0 saturated carbocycles. The molecule has 2 N–H and O–H groups in total. The number of nitrogens with one attached hydrogen (secondary N) is 2. The fraction of sp³-hybridized carbons (Fsp3) is 0.348. The molecule has 0 aliphatic carbocycles. The molecule has 1 aliphatic rings. The van der Waals surface area contributed by atoms with E-state index in [1.807, 2.05) is 17.0 Å². The first kappa shape index (κ1) is 23.0. The average molecular weight is 465 g/mol. The van der Waals surface area contributed by atoms with Crippen molar-refractivity contribution in [2.75, 3.05) is 35.7 Å². The van der Waals surface area contributed by atoms with Gasteiger partial charge in [-0.1, -0.05) is 0 Å². The minimum absolute atomic E-state index is 0.0957. The molecule has 3 aromatic rings. The van der Waals surface area contributed by atoms with E-state index in [0.717, 1.165) is 17.2 Å². The van der Waals surface area contributed by atoms with Crippen LogP contribution in [0.4, 0.5) is 27.9 Å². The number of carbonyl (C=O) groups is 2. The number of rotatable bonds is 5. The Labute approximate surface area is 197 Å². The molecule has 0 bridgehead atoms. The summed E-state index contributed by atoms with van der Waals surface area (Å²) in [6.45, 7) is 7.16. The third kappa shape index (κ3) is 5.08. The van der Waals surface area contributed by atoms with Crippen LogP contribution in [0.15, 0.2) is 48.9 Å². The van der Waals surface area contributed by atoms with Crippen LogP contribution in [0.2, 0.25) is 0 Å². The molecule has 2 atom stereocenters. The summed E-state index contributed by atoms with van der Waals surface area (Å²) in [7, 11) is 1.31. The van der Waals surface area contributed by atoms with Crippen LogP contribution in [0, 0.1) is 0 Å². The predicted octanol–water partition coefficient (Wildman–Crippen LogP) is 3.03.